The monoisotopic (exact) mass is 396 g/mol. The zero-order chi connectivity index (χ0) is 20.0. The average molecular weight is 396 g/mol. The third-order valence-corrected chi connectivity index (χ3v) is 5.36. The molecule has 2 aliphatic rings. The first-order valence-electron chi connectivity index (χ1n) is 10.0. The maximum Gasteiger partial charge on any atom is 0.387 e. The van der Waals surface area contributed by atoms with Crippen molar-refractivity contribution in [2.24, 2.45) is 4.99 Å². The van der Waals surface area contributed by atoms with Crippen LogP contribution >= 0.6 is 0 Å². The molecule has 0 bridgehead atoms. The number of rotatable bonds is 7. The minimum atomic E-state index is -2.84. The summed E-state index contributed by atoms with van der Waals surface area (Å²) in [6, 6.07) is 7.01. The molecule has 1 heterocycles. The Balaban J connectivity index is 1.61. The number of aliphatic hydroxyl groups is 1. The van der Waals surface area contributed by atoms with Gasteiger partial charge in [0, 0.05) is 25.7 Å². The van der Waals surface area contributed by atoms with Crippen LogP contribution in [0.5, 0.6) is 5.75 Å². The molecule has 6 nitrogen and oxygen atoms in total. The molecule has 0 radical (unpaired) electrons. The Kier molecular flexibility index (Phi) is 6.93. The van der Waals surface area contributed by atoms with E-state index < -0.39 is 12.2 Å². The summed E-state index contributed by atoms with van der Waals surface area (Å²) in [5.74, 6) is 0.883. The molecule has 2 fully saturated rings. The average Bonchev–Trinajstić information content (AvgIpc) is 3.30. The largest absolute Gasteiger partial charge is 0.433 e. The second kappa shape index (κ2) is 9.41. The van der Waals surface area contributed by atoms with Gasteiger partial charge in [-0.05, 0) is 38.3 Å². The molecule has 8 heteroatoms. The molecule has 0 amide bonds. The van der Waals surface area contributed by atoms with Crippen LogP contribution in [0.3, 0.4) is 0 Å². The van der Waals surface area contributed by atoms with Gasteiger partial charge in [0.25, 0.3) is 0 Å². The van der Waals surface area contributed by atoms with Crippen LogP contribution in [0.1, 0.15) is 39.0 Å². The van der Waals surface area contributed by atoms with Gasteiger partial charge < -0.3 is 25.4 Å². The van der Waals surface area contributed by atoms with Crippen LogP contribution < -0.4 is 20.3 Å². The standard InChI is InChI=1S/C20H30F2N4O2/c1-2-23-19(24-14-20(27)10-5-6-11-20)25-15-9-12-26(13-15)16-7-3-4-8-17(16)28-18(21)22/h3-4,7-8,15,18,27H,2,5-6,9-14H2,1H3,(H2,23,24,25). The van der Waals surface area contributed by atoms with Crippen molar-refractivity contribution < 1.29 is 18.6 Å². The molecule has 1 aromatic rings. The van der Waals surface area contributed by atoms with Crippen LogP contribution in [0.4, 0.5) is 14.5 Å². The maximum atomic E-state index is 12.7. The molecule has 1 unspecified atom stereocenters. The number of nitrogens with one attached hydrogen (secondary N) is 2. The number of alkyl halides is 2. The summed E-state index contributed by atoms with van der Waals surface area (Å²) in [5.41, 5.74) is -0.00962. The summed E-state index contributed by atoms with van der Waals surface area (Å²) >= 11 is 0. The number of hydrogen-bond acceptors (Lipinski definition) is 4. The molecule has 3 N–H and O–H groups in total. The highest BCUT2D eigenvalue weighted by atomic mass is 19.3. The number of nitrogens with zero attached hydrogens (tertiary/aromatic N) is 2. The quantitative estimate of drug-likeness (QED) is 0.488. The maximum absolute atomic E-state index is 12.7. The lowest BCUT2D eigenvalue weighted by atomic mass is 10.0. The summed E-state index contributed by atoms with van der Waals surface area (Å²) in [6.45, 7) is 1.69. The van der Waals surface area contributed by atoms with Crippen molar-refractivity contribution in [2.75, 3.05) is 31.1 Å². The van der Waals surface area contributed by atoms with Crippen molar-refractivity contribution >= 4 is 11.6 Å². The van der Waals surface area contributed by atoms with Gasteiger partial charge >= 0.3 is 6.61 Å². The molecule has 1 aliphatic carbocycles. The molecule has 1 atom stereocenters. The fourth-order valence-corrected chi connectivity index (χ4v) is 3.94. The Bertz CT molecular complexity index is 665. The number of para-hydroxylation sites is 2. The second-order valence-corrected chi connectivity index (χ2v) is 7.55. The zero-order valence-electron chi connectivity index (χ0n) is 16.3. The van der Waals surface area contributed by atoms with Gasteiger partial charge in [0.2, 0.25) is 0 Å². The topological polar surface area (TPSA) is 69.1 Å². The number of halogens is 2. The van der Waals surface area contributed by atoms with Crippen molar-refractivity contribution in [1.82, 2.24) is 10.6 Å². The van der Waals surface area contributed by atoms with E-state index in [4.69, 9.17) is 0 Å². The molecule has 0 aromatic heterocycles. The van der Waals surface area contributed by atoms with Gasteiger partial charge in [-0.3, -0.25) is 4.99 Å². The van der Waals surface area contributed by atoms with Crippen molar-refractivity contribution in [3.05, 3.63) is 24.3 Å². The lowest BCUT2D eigenvalue weighted by Crippen LogP contribution is -2.45. The van der Waals surface area contributed by atoms with Gasteiger partial charge in [-0.1, -0.05) is 25.0 Å². The van der Waals surface area contributed by atoms with E-state index in [0.717, 1.165) is 45.2 Å². The van der Waals surface area contributed by atoms with Crippen LogP contribution in [-0.2, 0) is 0 Å². The highest BCUT2D eigenvalue weighted by Gasteiger charge is 2.31. The van der Waals surface area contributed by atoms with Crippen LogP contribution in [0.15, 0.2) is 29.3 Å². The first-order valence-corrected chi connectivity index (χ1v) is 10.0. The van der Waals surface area contributed by atoms with E-state index in [1.807, 2.05) is 17.9 Å². The molecular formula is C20H30F2N4O2. The van der Waals surface area contributed by atoms with Gasteiger partial charge in [-0.2, -0.15) is 8.78 Å². The smallest absolute Gasteiger partial charge is 0.387 e. The first-order chi connectivity index (χ1) is 13.5. The molecule has 1 aliphatic heterocycles. The molecule has 1 saturated heterocycles. The lowest BCUT2D eigenvalue weighted by Gasteiger charge is -2.23. The van der Waals surface area contributed by atoms with E-state index in [0.29, 0.717) is 24.7 Å². The predicted molar refractivity (Wildman–Crippen MR) is 106 cm³/mol. The third kappa shape index (κ3) is 5.47. The Morgan fingerprint density at radius 3 is 2.82 bits per heavy atom. The van der Waals surface area contributed by atoms with E-state index >= 15 is 0 Å². The third-order valence-electron chi connectivity index (χ3n) is 5.36. The Morgan fingerprint density at radius 1 is 1.36 bits per heavy atom. The lowest BCUT2D eigenvalue weighted by molar-refractivity contribution is -0.0495. The number of anilines is 1. The van der Waals surface area contributed by atoms with E-state index in [2.05, 4.69) is 20.4 Å². The van der Waals surface area contributed by atoms with E-state index in [-0.39, 0.29) is 11.8 Å². The van der Waals surface area contributed by atoms with Gasteiger partial charge in [0.15, 0.2) is 5.96 Å². The summed E-state index contributed by atoms with van der Waals surface area (Å²) in [6.07, 6.45) is 4.56. The summed E-state index contributed by atoms with van der Waals surface area (Å²) in [7, 11) is 0. The van der Waals surface area contributed by atoms with Crippen LogP contribution in [0.2, 0.25) is 0 Å². The fraction of sp³-hybridized carbons (Fsp3) is 0.650. The van der Waals surface area contributed by atoms with Crippen molar-refractivity contribution in [2.45, 2.75) is 57.3 Å². The van der Waals surface area contributed by atoms with Gasteiger partial charge in [-0.25, -0.2) is 0 Å². The van der Waals surface area contributed by atoms with Crippen LogP contribution in [-0.4, -0.2) is 55.5 Å². The molecule has 0 spiro atoms. The number of aliphatic imine (C=N–C) groups is 1. The van der Waals surface area contributed by atoms with Gasteiger partial charge in [-0.15, -0.1) is 0 Å². The highest BCUT2D eigenvalue weighted by Crippen LogP contribution is 2.32. The fourth-order valence-electron chi connectivity index (χ4n) is 3.94. The van der Waals surface area contributed by atoms with Gasteiger partial charge in [0.05, 0.1) is 17.8 Å². The number of benzene rings is 1. The van der Waals surface area contributed by atoms with E-state index in [1.165, 1.54) is 0 Å². The Labute approximate surface area is 165 Å². The van der Waals surface area contributed by atoms with Crippen LogP contribution in [0, 0.1) is 0 Å². The first kappa shape index (κ1) is 20.6. The number of guanidine groups is 1. The second-order valence-electron chi connectivity index (χ2n) is 7.55. The van der Waals surface area contributed by atoms with Gasteiger partial charge in [0.1, 0.15) is 5.75 Å². The molecule has 1 aromatic carbocycles. The molecule has 156 valence electrons. The number of ether oxygens (including phenoxy) is 1. The molecular weight excluding hydrogens is 366 g/mol. The van der Waals surface area contributed by atoms with Crippen molar-refractivity contribution in [3.63, 3.8) is 0 Å². The Hall–Kier alpha value is -2.09. The number of hydrogen-bond donors (Lipinski definition) is 3. The van der Waals surface area contributed by atoms with Crippen LogP contribution in [0.25, 0.3) is 0 Å². The molecule has 1 saturated carbocycles. The zero-order valence-corrected chi connectivity index (χ0v) is 16.3. The molecule has 28 heavy (non-hydrogen) atoms. The van der Waals surface area contributed by atoms with E-state index in [9.17, 15) is 13.9 Å². The minimum Gasteiger partial charge on any atom is -0.433 e. The summed E-state index contributed by atoms with van der Waals surface area (Å²) < 4.78 is 30.0. The highest BCUT2D eigenvalue weighted by molar-refractivity contribution is 5.80. The van der Waals surface area contributed by atoms with Crippen molar-refractivity contribution in [1.29, 1.82) is 0 Å². The Morgan fingerprint density at radius 2 is 2.11 bits per heavy atom. The summed E-state index contributed by atoms with van der Waals surface area (Å²) in [5, 5.41) is 17.2. The molecule has 3 rings (SSSR count). The minimum absolute atomic E-state index is 0.135. The SMILES string of the molecule is CCNC(=NCC1(O)CCCC1)NC1CCN(c2ccccc2OC(F)F)C1. The summed E-state index contributed by atoms with van der Waals surface area (Å²) in [4.78, 5) is 6.63. The predicted octanol–water partition coefficient (Wildman–Crippen LogP) is 2.73. The van der Waals surface area contributed by atoms with Crippen molar-refractivity contribution in [3.8, 4) is 5.75 Å². The van der Waals surface area contributed by atoms with E-state index in [1.54, 1.807) is 18.2 Å². The normalized spacial score (nSPS) is 22.0.